The Morgan fingerprint density at radius 2 is 1.81 bits per heavy atom. The summed E-state index contributed by atoms with van der Waals surface area (Å²) in [6.07, 6.45) is 2.52. The van der Waals surface area contributed by atoms with Gasteiger partial charge in [-0.05, 0) is 68.5 Å². The average molecular weight is 552 g/mol. The molecule has 2 aromatic carbocycles. The highest BCUT2D eigenvalue weighted by Gasteiger charge is 2.22. The molecule has 7 nitrogen and oxygen atoms in total. The van der Waals surface area contributed by atoms with Crippen LogP contribution in [0.3, 0.4) is 0 Å². The zero-order chi connectivity index (χ0) is 22.1. The molecule has 1 amide bonds. The van der Waals surface area contributed by atoms with Gasteiger partial charge in [0.25, 0.3) is 5.91 Å². The third kappa shape index (κ3) is 8.57. The van der Waals surface area contributed by atoms with Crippen LogP contribution in [-0.4, -0.2) is 43.2 Å². The first-order valence-electron chi connectivity index (χ1n) is 10.9. The van der Waals surface area contributed by atoms with Gasteiger partial charge in [-0.2, -0.15) is 0 Å². The summed E-state index contributed by atoms with van der Waals surface area (Å²) in [5.74, 6) is 2.26. The van der Waals surface area contributed by atoms with Crippen molar-refractivity contribution in [1.82, 2.24) is 16.0 Å². The predicted molar refractivity (Wildman–Crippen MR) is 138 cm³/mol. The van der Waals surface area contributed by atoms with Gasteiger partial charge in [-0.3, -0.25) is 4.79 Å². The van der Waals surface area contributed by atoms with E-state index in [1.807, 2.05) is 6.92 Å². The summed E-state index contributed by atoms with van der Waals surface area (Å²) >= 11 is 0. The number of nitrogens with one attached hydrogen (secondary N) is 3. The molecule has 0 atom stereocenters. The third-order valence-electron chi connectivity index (χ3n) is 4.98. The summed E-state index contributed by atoms with van der Waals surface area (Å²) in [4.78, 5) is 16.8. The first-order valence-corrected chi connectivity index (χ1v) is 10.9. The quantitative estimate of drug-likeness (QED) is 0.157. The van der Waals surface area contributed by atoms with Crippen LogP contribution in [0.4, 0.5) is 0 Å². The van der Waals surface area contributed by atoms with E-state index in [9.17, 15) is 9.90 Å². The highest BCUT2D eigenvalue weighted by molar-refractivity contribution is 14.0. The van der Waals surface area contributed by atoms with E-state index in [-0.39, 0.29) is 35.6 Å². The van der Waals surface area contributed by atoms with Crippen LogP contribution in [0.1, 0.15) is 41.3 Å². The molecule has 174 valence electrons. The SMILES string of the molecule is CCNC(=NCc1ccc(C)cc1OCC1CC1)NCCNC(=O)c1ccc(O)cc1.I. The van der Waals surface area contributed by atoms with Crippen molar-refractivity contribution in [2.45, 2.75) is 33.2 Å². The van der Waals surface area contributed by atoms with Gasteiger partial charge in [0, 0.05) is 30.8 Å². The maximum absolute atomic E-state index is 12.1. The number of hydrogen-bond acceptors (Lipinski definition) is 4. The van der Waals surface area contributed by atoms with Crippen molar-refractivity contribution in [3.05, 3.63) is 59.2 Å². The second-order valence-corrected chi connectivity index (χ2v) is 7.79. The highest BCUT2D eigenvalue weighted by Crippen LogP contribution is 2.30. The topological polar surface area (TPSA) is 95.0 Å². The lowest BCUT2D eigenvalue weighted by Gasteiger charge is -2.14. The molecule has 0 aliphatic heterocycles. The number of ether oxygens (including phenoxy) is 1. The minimum Gasteiger partial charge on any atom is -0.508 e. The van der Waals surface area contributed by atoms with Crippen molar-refractivity contribution < 1.29 is 14.6 Å². The minimum absolute atomic E-state index is 0. The maximum atomic E-state index is 12.1. The highest BCUT2D eigenvalue weighted by atomic mass is 127. The predicted octanol–water partition coefficient (Wildman–Crippen LogP) is 3.59. The van der Waals surface area contributed by atoms with Crippen LogP contribution in [-0.2, 0) is 6.54 Å². The number of nitrogens with zero attached hydrogens (tertiary/aromatic N) is 1. The first kappa shape index (κ1) is 25.8. The van der Waals surface area contributed by atoms with Crippen molar-refractivity contribution in [1.29, 1.82) is 0 Å². The van der Waals surface area contributed by atoms with Gasteiger partial charge in [0.05, 0.1) is 13.2 Å². The van der Waals surface area contributed by atoms with E-state index in [4.69, 9.17) is 4.74 Å². The summed E-state index contributed by atoms with van der Waals surface area (Å²) in [6.45, 7) is 7.09. The monoisotopic (exact) mass is 552 g/mol. The number of carbonyl (C=O) groups excluding carboxylic acids is 1. The Morgan fingerprint density at radius 1 is 1.09 bits per heavy atom. The summed E-state index contributed by atoms with van der Waals surface area (Å²) in [6, 6.07) is 12.4. The van der Waals surface area contributed by atoms with Gasteiger partial charge in [-0.25, -0.2) is 4.99 Å². The second-order valence-electron chi connectivity index (χ2n) is 7.79. The Balaban J connectivity index is 0.00000363. The second kappa shape index (κ2) is 13.1. The molecule has 2 aromatic rings. The zero-order valence-electron chi connectivity index (χ0n) is 18.7. The molecular formula is C24H33IN4O3. The normalized spacial score (nSPS) is 13.1. The summed E-state index contributed by atoms with van der Waals surface area (Å²) in [5.41, 5.74) is 2.74. The van der Waals surface area contributed by atoms with Crippen molar-refractivity contribution >= 4 is 35.8 Å². The van der Waals surface area contributed by atoms with Crippen molar-refractivity contribution in [2.75, 3.05) is 26.2 Å². The molecule has 0 unspecified atom stereocenters. The number of benzene rings is 2. The Kier molecular flexibility index (Phi) is 10.6. The van der Waals surface area contributed by atoms with E-state index in [0.29, 0.717) is 37.1 Å². The molecule has 0 heterocycles. The van der Waals surface area contributed by atoms with Crippen molar-refractivity contribution in [3.63, 3.8) is 0 Å². The van der Waals surface area contributed by atoms with E-state index in [0.717, 1.165) is 24.5 Å². The zero-order valence-corrected chi connectivity index (χ0v) is 21.0. The molecule has 0 bridgehead atoms. The van der Waals surface area contributed by atoms with E-state index >= 15 is 0 Å². The standard InChI is InChI=1S/C24H32N4O3.HI/c1-3-25-24(27-13-12-26-23(30)19-8-10-21(29)11-9-19)28-15-20-7-4-17(2)14-22(20)31-16-18-5-6-18;/h4,7-11,14,18,29H,3,5-6,12-13,15-16H2,1-2H3,(H,26,30)(H2,25,27,28);1H. The Labute approximate surface area is 207 Å². The number of phenols is 1. The molecule has 3 rings (SSSR count). The van der Waals surface area contributed by atoms with E-state index in [1.165, 1.54) is 30.5 Å². The van der Waals surface area contributed by atoms with Crippen LogP contribution in [0.15, 0.2) is 47.5 Å². The van der Waals surface area contributed by atoms with Crippen LogP contribution in [0.2, 0.25) is 0 Å². The number of amides is 1. The van der Waals surface area contributed by atoms with E-state index in [2.05, 4.69) is 46.1 Å². The fraction of sp³-hybridized carbons (Fsp3) is 0.417. The molecule has 1 saturated carbocycles. The number of halogens is 1. The Hall–Kier alpha value is -2.49. The minimum atomic E-state index is -0.180. The molecule has 32 heavy (non-hydrogen) atoms. The van der Waals surface area contributed by atoms with Crippen LogP contribution in [0.5, 0.6) is 11.5 Å². The molecule has 1 aliphatic rings. The number of hydrogen-bond donors (Lipinski definition) is 4. The van der Waals surface area contributed by atoms with Crippen LogP contribution < -0.4 is 20.7 Å². The number of aryl methyl sites for hydroxylation is 1. The smallest absolute Gasteiger partial charge is 0.251 e. The average Bonchev–Trinajstić information content (AvgIpc) is 3.59. The molecule has 8 heteroatoms. The number of phenolic OH excluding ortho intramolecular Hbond substituents is 1. The summed E-state index contributed by atoms with van der Waals surface area (Å²) < 4.78 is 6.04. The van der Waals surface area contributed by atoms with Gasteiger partial charge in [0.1, 0.15) is 11.5 Å². The molecule has 1 fully saturated rings. The molecule has 0 spiro atoms. The largest absolute Gasteiger partial charge is 0.508 e. The molecule has 0 aromatic heterocycles. The van der Waals surface area contributed by atoms with Crippen LogP contribution in [0, 0.1) is 12.8 Å². The molecule has 4 N–H and O–H groups in total. The van der Waals surface area contributed by atoms with Crippen LogP contribution in [0.25, 0.3) is 0 Å². The lowest BCUT2D eigenvalue weighted by molar-refractivity contribution is 0.0954. The van der Waals surface area contributed by atoms with Gasteiger partial charge in [-0.15, -0.1) is 24.0 Å². The number of rotatable bonds is 10. The lowest BCUT2D eigenvalue weighted by atomic mass is 10.1. The van der Waals surface area contributed by atoms with Gasteiger partial charge in [-0.1, -0.05) is 12.1 Å². The van der Waals surface area contributed by atoms with Crippen molar-refractivity contribution in [2.24, 2.45) is 10.9 Å². The third-order valence-corrected chi connectivity index (χ3v) is 4.98. The van der Waals surface area contributed by atoms with Gasteiger partial charge in [0.15, 0.2) is 5.96 Å². The summed E-state index contributed by atoms with van der Waals surface area (Å²) in [5, 5.41) is 18.6. The van der Waals surface area contributed by atoms with Crippen molar-refractivity contribution in [3.8, 4) is 11.5 Å². The lowest BCUT2D eigenvalue weighted by Crippen LogP contribution is -2.41. The maximum Gasteiger partial charge on any atom is 0.251 e. The molecule has 0 radical (unpaired) electrons. The fourth-order valence-electron chi connectivity index (χ4n) is 3.00. The summed E-state index contributed by atoms with van der Waals surface area (Å²) in [7, 11) is 0. The van der Waals surface area contributed by atoms with Gasteiger partial charge < -0.3 is 25.8 Å². The Morgan fingerprint density at radius 3 is 2.50 bits per heavy atom. The van der Waals surface area contributed by atoms with Gasteiger partial charge >= 0.3 is 0 Å². The number of guanidine groups is 1. The fourth-order valence-corrected chi connectivity index (χ4v) is 3.00. The molecular weight excluding hydrogens is 519 g/mol. The van der Waals surface area contributed by atoms with Gasteiger partial charge in [0.2, 0.25) is 0 Å². The Bertz CT molecular complexity index is 899. The van der Waals surface area contributed by atoms with Crippen LogP contribution >= 0.6 is 24.0 Å². The number of aromatic hydroxyl groups is 1. The number of aliphatic imine (C=N–C) groups is 1. The van der Waals surface area contributed by atoms with E-state index < -0.39 is 0 Å². The van der Waals surface area contributed by atoms with E-state index in [1.54, 1.807) is 12.1 Å². The molecule has 1 aliphatic carbocycles. The molecule has 0 saturated heterocycles. The first-order chi connectivity index (χ1) is 15.0. The number of carbonyl (C=O) groups is 1.